The summed E-state index contributed by atoms with van der Waals surface area (Å²) in [4.78, 5) is 22.2. The minimum atomic E-state index is -0.131. The van der Waals surface area contributed by atoms with Gasteiger partial charge in [0.05, 0.1) is 17.8 Å². The van der Waals surface area contributed by atoms with Crippen molar-refractivity contribution in [1.29, 1.82) is 0 Å². The first-order chi connectivity index (χ1) is 14.0. The predicted molar refractivity (Wildman–Crippen MR) is 111 cm³/mol. The van der Waals surface area contributed by atoms with Crippen LogP contribution in [0.4, 0.5) is 0 Å². The molecule has 6 nitrogen and oxygen atoms in total. The number of carbonyl (C=O) groups is 1. The number of methoxy groups -OCH3 is 1. The van der Waals surface area contributed by atoms with Crippen LogP contribution in [0.15, 0.2) is 30.6 Å². The number of aromatic nitrogens is 3. The van der Waals surface area contributed by atoms with Crippen molar-refractivity contribution < 1.29 is 9.53 Å². The predicted octanol–water partition coefficient (Wildman–Crippen LogP) is 4.29. The van der Waals surface area contributed by atoms with Crippen LogP contribution < -0.4 is 10.1 Å². The van der Waals surface area contributed by atoms with E-state index in [-0.39, 0.29) is 11.9 Å². The van der Waals surface area contributed by atoms with E-state index in [1.54, 1.807) is 19.5 Å². The molecule has 0 unspecified atom stereocenters. The van der Waals surface area contributed by atoms with Crippen LogP contribution in [-0.4, -0.2) is 33.4 Å². The van der Waals surface area contributed by atoms with Gasteiger partial charge >= 0.3 is 0 Å². The molecule has 29 heavy (non-hydrogen) atoms. The summed E-state index contributed by atoms with van der Waals surface area (Å²) in [6.07, 6.45) is 6.52. The third-order valence-electron chi connectivity index (χ3n) is 5.91. The average molecular weight is 411 g/mol. The van der Waals surface area contributed by atoms with Crippen LogP contribution in [0.25, 0.3) is 16.9 Å². The van der Waals surface area contributed by atoms with Gasteiger partial charge in [-0.3, -0.25) is 9.20 Å². The smallest absolute Gasteiger partial charge is 0.274 e. The molecule has 2 aliphatic carbocycles. The zero-order valence-electron chi connectivity index (χ0n) is 16.5. The van der Waals surface area contributed by atoms with Gasteiger partial charge < -0.3 is 10.1 Å². The lowest BCUT2D eigenvalue weighted by atomic mass is 10.1. The number of ether oxygens (including phenoxy) is 1. The highest BCUT2D eigenvalue weighted by Gasteiger charge is 2.42. The summed E-state index contributed by atoms with van der Waals surface area (Å²) < 4.78 is 7.19. The maximum atomic E-state index is 13.0. The summed E-state index contributed by atoms with van der Waals surface area (Å²) in [7, 11) is 1.59. The van der Waals surface area contributed by atoms with E-state index in [2.05, 4.69) is 10.3 Å². The number of hydrogen-bond donors (Lipinski definition) is 1. The van der Waals surface area contributed by atoms with Crippen LogP contribution in [0.1, 0.15) is 41.9 Å². The molecule has 1 aromatic carbocycles. The monoisotopic (exact) mass is 410 g/mol. The van der Waals surface area contributed by atoms with Gasteiger partial charge in [0.2, 0.25) is 0 Å². The number of carbonyl (C=O) groups excluding carboxylic acids is 1. The molecule has 0 atom stereocenters. The number of imidazole rings is 1. The summed E-state index contributed by atoms with van der Waals surface area (Å²) in [5, 5.41) is 3.79. The minimum absolute atomic E-state index is 0.131. The molecule has 2 aromatic heterocycles. The first kappa shape index (κ1) is 18.4. The van der Waals surface area contributed by atoms with Crippen molar-refractivity contribution >= 4 is 23.2 Å². The number of aryl methyl sites for hydroxylation is 1. The van der Waals surface area contributed by atoms with E-state index in [0.717, 1.165) is 17.0 Å². The maximum Gasteiger partial charge on any atom is 0.274 e. The molecule has 0 aliphatic heterocycles. The highest BCUT2D eigenvalue weighted by Crippen LogP contribution is 2.44. The van der Waals surface area contributed by atoms with Gasteiger partial charge in [-0.15, -0.1) is 0 Å². The maximum absolute atomic E-state index is 13.0. The molecule has 0 bridgehead atoms. The second-order valence-electron chi connectivity index (χ2n) is 8.09. The molecular weight excluding hydrogens is 388 g/mol. The summed E-state index contributed by atoms with van der Waals surface area (Å²) in [6.45, 7) is 1.98. The second kappa shape index (κ2) is 7.02. The number of fused-ring (bicyclic) bond motifs is 1. The Hall–Kier alpha value is -2.60. The molecule has 3 aromatic rings. The normalized spacial score (nSPS) is 16.4. The van der Waals surface area contributed by atoms with Crippen molar-refractivity contribution in [2.45, 2.75) is 38.6 Å². The SMILES string of the molecule is COc1cc(-c2cc(C)n3cnc(C(=O)NC(C4CC4)C4CC4)c3n2)ccc1Cl. The Kier molecular flexibility index (Phi) is 4.46. The Labute approximate surface area is 174 Å². The standard InChI is InChI=1S/C22H23ClN4O2/c1-12-9-17(15-7-8-16(23)18(10-15)29-2)25-21-20(24-11-27(12)21)22(28)26-19(13-3-4-13)14-5-6-14/h7-11,13-14,19H,3-6H2,1-2H3,(H,26,28). The average Bonchev–Trinajstić information content (AvgIpc) is 3.64. The van der Waals surface area contributed by atoms with Crippen LogP contribution in [0, 0.1) is 18.8 Å². The van der Waals surface area contributed by atoms with Gasteiger partial charge in [0, 0.05) is 17.3 Å². The number of nitrogens with zero attached hydrogens (tertiary/aromatic N) is 3. The van der Waals surface area contributed by atoms with Gasteiger partial charge in [-0.1, -0.05) is 17.7 Å². The fourth-order valence-electron chi connectivity index (χ4n) is 4.00. The van der Waals surface area contributed by atoms with E-state index < -0.39 is 0 Å². The van der Waals surface area contributed by atoms with E-state index in [9.17, 15) is 4.79 Å². The van der Waals surface area contributed by atoms with Crippen molar-refractivity contribution in [1.82, 2.24) is 19.7 Å². The van der Waals surface area contributed by atoms with E-state index in [4.69, 9.17) is 21.3 Å². The van der Waals surface area contributed by atoms with Crippen LogP contribution in [0.2, 0.25) is 5.02 Å². The molecule has 2 aliphatic rings. The molecule has 0 spiro atoms. The lowest BCUT2D eigenvalue weighted by Crippen LogP contribution is -2.38. The lowest BCUT2D eigenvalue weighted by molar-refractivity contribution is 0.0923. The summed E-state index contributed by atoms with van der Waals surface area (Å²) in [5.41, 5.74) is 3.52. The number of nitrogens with one attached hydrogen (secondary N) is 1. The van der Waals surface area contributed by atoms with Crippen molar-refractivity contribution in [3.8, 4) is 17.0 Å². The van der Waals surface area contributed by atoms with Crippen molar-refractivity contribution in [3.63, 3.8) is 0 Å². The van der Waals surface area contributed by atoms with E-state index in [1.807, 2.05) is 29.5 Å². The molecule has 2 heterocycles. The van der Waals surface area contributed by atoms with Crippen molar-refractivity contribution in [2.75, 3.05) is 7.11 Å². The Morgan fingerprint density at radius 3 is 2.62 bits per heavy atom. The molecule has 2 fully saturated rings. The zero-order chi connectivity index (χ0) is 20.1. The fourth-order valence-corrected chi connectivity index (χ4v) is 4.19. The van der Waals surface area contributed by atoms with Crippen LogP contribution in [0.5, 0.6) is 5.75 Å². The van der Waals surface area contributed by atoms with Crippen LogP contribution >= 0.6 is 11.6 Å². The van der Waals surface area contributed by atoms with Crippen molar-refractivity contribution in [3.05, 3.63) is 47.0 Å². The van der Waals surface area contributed by atoms with E-state index >= 15 is 0 Å². The van der Waals surface area contributed by atoms with Crippen molar-refractivity contribution in [2.24, 2.45) is 11.8 Å². The lowest BCUT2D eigenvalue weighted by Gasteiger charge is -2.17. The first-order valence-corrected chi connectivity index (χ1v) is 10.4. The van der Waals surface area contributed by atoms with Gasteiger partial charge in [-0.2, -0.15) is 0 Å². The number of halogens is 1. The highest BCUT2D eigenvalue weighted by atomic mass is 35.5. The Morgan fingerprint density at radius 2 is 1.97 bits per heavy atom. The van der Waals surface area contributed by atoms with Gasteiger partial charge in [-0.05, 0) is 62.6 Å². The zero-order valence-corrected chi connectivity index (χ0v) is 17.2. The quantitative estimate of drug-likeness (QED) is 0.658. The largest absolute Gasteiger partial charge is 0.495 e. The Balaban J connectivity index is 1.51. The van der Waals surface area contributed by atoms with Gasteiger partial charge in [0.1, 0.15) is 12.1 Å². The highest BCUT2D eigenvalue weighted by molar-refractivity contribution is 6.32. The molecule has 0 radical (unpaired) electrons. The third-order valence-corrected chi connectivity index (χ3v) is 6.23. The third kappa shape index (κ3) is 3.46. The number of hydrogen-bond acceptors (Lipinski definition) is 4. The molecule has 1 N–H and O–H groups in total. The van der Waals surface area contributed by atoms with E-state index in [1.165, 1.54) is 25.7 Å². The molecule has 1 amide bonds. The Morgan fingerprint density at radius 1 is 1.24 bits per heavy atom. The molecular formula is C22H23ClN4O2. The van der Waals surface area contributed by atoms with Gasteiger partial charge in [0.25, 0.3) is 5.91 Å². The molecule has 7 heteroatoms. The van der Waals surface area contributed by atoms with Crippen LogP contribution in [-0.2, 0) is 0 Å². The first-order valence-electron chi connectivity index (χ1n) is 10.0. The minimum Gasteiger partial charge on any atom is -0.495 e. The molecule has 5 rings (SSSR count). The number of rotatable bonds is 6. The fraction of sp³-hybridized carbons (Fsp3) is 0.409. The van der Waals surface area contributed by atoms with E-state index in [0.29, 0.717) is 33.9 Å². The van der Waals surface area contributed by atoms with Gasteiger partial charge in [0.15, 0.2) is 11.3 Å². The summed E-state index contributed by atoms with van der Waals surface area (Å²) >= 11 is 6.16. The van der Waals surface area contributed by atoms with Gasteiger partial charge in [-0.25, -0.2) is 9.97 Å². The Bertz CT molecular complexity index is 1090. The number of amides is 1. The second-order valence-corrected chi connectivity index (χ2v) is 8.50. The topological polar surface area (TPSA) is 68.5 Å². The summed E-state index contributed by atoms with van der Waals surface area (Å²) in [5.74, 6) is 1.72. The summed E-state index contributed by atoms with van der Waals surface area (Å²) in [6, 6.07) is 7.79. The molecule has 0 saturated heterocycles. The molecule has 150 valence electrons. The van der Waals surface area contributed by atoms with Crippen LogP contribution in [0.3, 0.4) is 0 Å². The molecule has 2 saturated carbocycles. The number of benzene rings is 1.